The highest BCUT2D eigenvalue weighted by Gasteiger charge is 2.13. The van der Waals surface area contributed by atoms with Crippen LogP contribution in [0.25, 0.3) is 0 Å². The van der Waals surface area contributed by atoms with Gasteiger partial charge in [-0.05, 0) is 44.0 Å². The van der Waals surface area contributed by atoms with Gasteiger partial charge < -0.3 is 5.32 Å². The van der Waals surface area contributed by atoms with Crippen molar-refractivity contribution in [3.63, 3.8) is 0 Å². The van der Waals surface area contributed by atoms with E-state index in [0.29, 0.717) is 5.56 Å². The van der Waals surface area contributed by atoms with Crippen molar-refractivity contribution < 1.29 is 0 Å². The zero-order valence-electron chi connectivity index (χ0n) is 9.56. The summed E-state index contributed by atoms with van der Waals surface area (Å²) in [6.45, 7) is 2.27. The molecule has 0 atom stereocenters. The lowest BCUT2D eigenvalue weighted by Crippen LogP contribution is -2.28. The van der Waals surface area contributed by atoms with E-state index in [4.69, 9.17) is 5.26 Å². The molecule has 0 bridgehead atoms. The fourth-order valence-electron chi connectivity index (χ4n) is 1.81. The number of nitrogens with one attached hydrogen (secondary N) is 1. The van der Waals surface area contributed by atoms with Crippen molar-refractivity contribution >= 4 is 24.2 Å². The van der Waals surface area contributed by atoms with Gasteiger partial charge in [-0.15, -0.1) is 24.2 Å². The predicted octanol–water partition coefficient (Wildman–Crippen LogP) is 2.47. The first-order chi connectivity index (χ1) is 7.88. The lowest BCUT2D eigenvalue weighted by molar-refractivity contribution is 0.408. The largest absolute Gasteiger partial charge is 0.317 e. The molecular formula is C12H16ClN3S. The van der Waals surface area contributed by atoms with Crippen LogP contribution in [0.1, 0.15) is 18.4 Å². The maximum absolute atomic E-state index is 8.78. The van der Waals surface area contributed by atoms with Crippen molar-refractivity contribution in [3.05, 3.63) is 23.9 Å². The number of pyridine rings is 1. The van der Waals surface area contributed by atoms with Crippen LogP contribution in [-0.2, 0) is 0 Å². The molecule has 0 unspecified atom stereocenters. The second-order valence-electron chi connectivity index (χ2n) is 4.00. The average molecular weight is 270 g/mol. The van der Waals surface area contributed by atoms with Crippen molar-refractivity contribution in [3.8, 4) is 6.07 Å². The fourth-order valence-corrected chi connectivity index (χ4v) is 2.90. The second kappa shape index (κ2) is 7.54. The minimum Gasteiger partial charge on any atom is -0.317 e. The minimum absolute atomic E-state index is 0. The summed E-state index contributed by atoms with van der Waals surface area (Å²) in [4.78, 5) is 4.27. The predicted molar refractivity (Wildman–Crippen MR) is 72.5 cm³/mol. The third-order valence-corrected chi connectivity index (χ3v) is 3.95. The van der Waals surface area contributed by atoms with Crippen LogP contribution in [0, 0.1) is 17.2 Å². The molecule has 0 amide bonds. The van der Waals surface area contributed by atoms with Gasteiger partial charge in [0.25, 0.3) is 0 Å². The molecule has 5 heteroatoms. The van der Waals surface area contributed by atoms with Crippen molar-refractivity contribution in [2.24, 2.45) is 5.92 Å². The van der Waals surface area contributed by atoms with Crippen LogP contribution in [0.2, 0.25) is 0 Å². The van der Waals surface area contributed by atoms with Crippen molar-refractivity contribution in [1.82, 2.24) is 10.3 Å². The Labute approximate surface area is 112 Å². The third-order valence-electron chi connectivity index (χ3n) is 2.79. The lowest BCUT2D eigenvalue weighted by atomic mass is 10.0. The van der Waals surface area contributed by atoms with Gasteiger partial charge in [-0.2, -0.15) is 5.26 Å². The zero-order chi connectivity index (χ0) is 11.2. The number of piperidine rings is 1. The van der Waals surface area contributed by atoms with Crippen molar-refractivity contribution in [2.45, 2.75) is 17.9 Å². The molecule has 1 aromatic rings. The number of nitriles is 1. The molecule has 1 aliphatic heterocycles. The van der Waals surface area contributed by atoms with Crippen LogP contribution in [0.15, 0.2) is 23.4 Å². The molecule has 3 nitrogen and oxygen atoms in total. The number of thioether (sulfide) groups is 1. The standard InChI is InChI=1S/C12H15N3S.ClH/c13-8-11-3-6-15-12(7-11)16-9-10-1-4-14-5-2-10;/h3,6-7,10,14H,1-2,4-5,9H2;1H. The Bertz CT molecular complexity index is 386. The molecule has 1 aromatic heterocycles. The Kier molecular flexibility index (Phi) is 6.35. The topological polar surface area (TPSA) is 48.7 Å². The van der Waals surface area contributed by atoms with E-state index in [2.05, 4.69) is 16.4 Å². The summed E-state index contributed by atoms with van der Waals surface area (Å²) in [7, 11) is 0. The quantitative estimate of drug-likeness (QED) is 0.857. The lowest BCUT2D eigenvalue weighted by Gasteiger charge is -2.21. The van der Waals surface area contributed by atoms with Crippen LogP contribution in [0.3, 0.4) is 0 Å². The first-order valence-corrected chi connectivity index (χ1v) is 6.57. The SMILES string of the molecule is Cl.N#Cc1ccnc(SCC2CCNCC2)c1. The van der Waals surface area contributed by atoms with E-state index in [0.717, 1.165) is 29.8 Å². The number of hydrogen-bond donors (Lipinski definition) is 1. The molecule has 1 saturated heterocycles. The smallest absolute Gasteiger partial charge is 0.0993 e. The average Bonchev–Trinajstić information content (AvgIpc) is 2.38. The molecule has 0 radical (unpaired) electrons. The van der Waals surface area contributed by atoms with Gasteiger partial charge in [0.05, 0.1) is 16.7 Å². The highest BCUT2D eigenvalue weighted by molar-refractivity contribution is 7.99. The molecule has 0 aromatic carbocycles. The summed E-state index contributed by atoms with van der Waals surface area (Å²) in [5, 5.41) is 13.1. The Morgan fingerprint density at radius 2 is 2.24 bits per heavy atom. The van der Waals surface area contributed by atoms with Gasteiger partial charge in [-0.1, -0.05) is 0 Å². The highest BCUT2D eigenvalue weighted by Crippen LogP contribution is 2.23. The van der Waals surface area contributed by atoms with E-state index in [9.17, 15) is 0 Å². The molecule has 0 saturated carbocycles. The van der Waals surface area contributed by atoms with E-state index in [1.807, 2.05) is 6.07 Å². The normalized spacial score (nSPS) is 15.9. The molecule has 0 aliphatic carbocycles. The van der Waals surface area contributed by atoms with Gasteiger partial charge in [-0.3, -0.25) is 0 Å². The maximum Gasteiger partial charge on any atom is 0.0993 e. The van der Waals surface area contributed by atoms with Gasteiger partial charge >= 0.3 is 0 Å². The van der Waals surface area contributed by atoms with Gasteiger partial charge in [0, 0.05) is 11.9 Å². The van der Waals surface area contributed by atoms with Gasteiger partial charge in [0.15, 0.2) is 0 Å². The monoisotopic (exact) mass is 269 g/mol. The molecular weight excluding hydrogens is 254 g/mol. The second-order valence-corrected chi connectivity index (χ2v) is 5.04. The summed E-state index contributed by atoms with van der Waals surface area (Å²) in [5.41, 5.74) is 0.697. The molecule has 0 spiro atoms. The summed E-state index contributed by atoms with van der Waals surface area (Å²) in [6, 6.07) is 5.75. The third kappa shape index (κ3) is 4.55. The van der Waals surface area contributed by atoms with Crippen LogP contribution < -0.4 is 5.32 Å². The highest BCUT2D eigenvalue weighted by atomic mass is 35.5. The Morgan fingerprint density at radius 3 is 2.94 bits per heavy atom. The number of hydrogen-bond acceptors (Lipinski definition) is 4. The summed E-state index contributed by atoms with van der Waals surface area (Å²) < 4.78 is 0. The first-order valence-electron chi connectivity index (χ1n) is 5.58. The fraction of sp³-hybridized carbons (Fsp3) is 0.500. The maximum atomic E-state index is 8.78. The van der Waals surface area contributed by atoms with Crippen LogP contribution >= 0.6 is 24.2 Å². The van der Waals surface area contributed by atoms with Crippen molar-refractivity contribution in [2.75, 3.05) is 18.8 Å². The summed E-state index contributed by atoms with van der Waals surface area (Å²) in [5.74, 6) is 1.91. The van der Waals surface area contributed by atoms with E-state index < -0.39 is 0 Å². The molecule has 1 N–H and O–H groups in total. The first kappa shape index (κ1) is 14.3. The number of nitrogens with zero attached hydrogens (tertiary/aromatic N) is 2. The number of rotatable bonds is 3. The van der Waals surface area contributed by atoms with E-state index in [1.54, 1.807) is 24.0 Å². The van der Waals surface area contributed by atoms with Gasteiger partial charge in [-0.25, -0.2) is 4.98 Å². The van der Waals surface area contributed by atoms with Crippen LogP contribution in [0.4, 0.5) is 0 Å². The Hall–Kier alpha value is -0.760. The van der Waals surface area contributed by atoms with Gasteiger partial charge in [0.1, 0.15) is 0 Å². The molecule has 92 valence electrons. The summed E-state index contributed by atoms with van der Waals surface area (Å²) in [6.07, 6.45) is 4.22. The van der Waals surface area contributed by atoms with E-state index >= 15 is 0 Å². The number of halogens is 1. The number of aromatic nitrogens is 1. The van der Waals surface area contributed by atoms with Crippen LogP contribution in [0.5, 0.6) is 0 Å². The molecule has 2 heterocycles. The zero-order valence-corrected chi connectivity index (χ0v) is 11.2. The van der Waals surface area contributed by atoms with E-state index in [1.165, 1.54) is 12.8 Å². The summed E-state index contributed by atoms with van der Waals surface area (Å²) >= 11 is 1.77. The van der Waals surface area contributed by atoms with Crippen molar-refractivity contribution in [1.29, 1.82) is 5.26 Å². The molecule has 17 heavy (non-hydrogen) atoms. The Balaban J connectivity index is 0.00000144. The van der Waals surface area contributed by atoms with E-state index in [-0.39, 0.29) is 12.4 Å². The van der Waals surface area contributed by atoms with Crippen LogP contribution in [-0.4, -0.2) is 23.8 Å². The van der Waals surface area contributed by atoms with Gasteiger partial charge in [0.2, 0.25) is 0 Å². The molecule has 2 rings (SSSR count). The molecule has 1 aliphatic rings. The minimum atomic E-state index is 0. The molecule has 1 fully saturated rings. The Morgan fingerprint density at radius 1 is 1.47 bits per heavy atom.